The number of rotatable bonds is 64. The maximum Gasteiger partial charge on any atom is 0.306 e. The van der Waals surface area contributed by atoms with E-state index in [2.05, 4.69) is 130 Å². The lowest BCUT2D eigenvalue weighted by Gasteiger charge is -2.18. The Morgan fingerprint density at radius 2 is 0.494 bits per heavy atom. The van der Waals surface area contributed by atoms with E-state index in [0.717, 1.165) is 122 Å². The molecule has 0 N–H and O–H groups in total. The Balaban J connectivity index is 4.20. The van der Waals surface area contributed by atoms with Gasteiger partial charge in [0.25, 0.3) is 0 Å². The number of hydrogen-bond acceptors (Lipinski definition) is 6. The fourth-order valence-electron chi connectivity index (χ4n) is 9.95. The van der Waals surface area contributed by atoms with Crippen LogP contribution in [0.25, 0.3) is 0 Å². The summed E-state index contributed by atoms with van der Waals surface area (Å²) in [6.45, 7) is 6.46. The monoisotopic (exact) mass is 1150 g/mol. The van der Waals surface area contributed by atoms with E-state index in [1.807, 2.05) is 0 Å². The van der Waals surface area contributed by atoms with Crippen LogP contribution in [0.3, 0.4) is 0 Å². The predicted octanol–water partition coefficient (Wildman–Crippen LogP) is 24.6. The minimum absolute atomic E-state index is 0.0817. The quantitative estimate of drug-likeness (QED) is 0.0261. The molecule has 0 heterocycles. The first-order valence-corrected chi connectivity index (χ1v) is 35.4. The van der Waals surface area contributed by atoms with Gasteiger partial charge in [-0.1, -0.05) is 310 Å². The third-order valence-corrected chi connectivity index (χ3v) is 15.2. The van der Waals surface area contributed by atoms with Crippen molar-refractivity contribution in [2.75, 3.05) is 13.2 Å². The lowest BCUT2D eigenvalue weighted by atomic mass is 10.0. The van der Waals surface area contributed by atoms with Crippen molar-refractivity contribution in [3.05, 3.63) is 109 Å². The van der Waals surface area contributed by atoms with Crippen molar-refractivity contribution in [3.63, 3.8) is 0 Å². The molecule has 0 aliphatic carbocycles. The molecule has 0 fully saturated rings. The molecule has 1 atom stereocenters. The maximum atomic E-state index is 12.9. The summed E-state index contributed by atoms with van der Waals surface area (Å²) >= 11 is 0. The van der Waals surface area contributed by atoms with Crippen LogP contribution in [-0.4, -0.2) is 37.2 Å². The first-order valence-electron chi connectivity index (χ1n) is 35.4. The number of ether oxygens (including phenoxy) is 3. The van der Waals surface area contributed by atoms with Gasteiger partial charge in [0.1, 0.15) is 13.2 Å². The zero-order chi connectivity index (χ0) is 59.9. The molecule has 0 aliphatic heterocycles. The molecule has 476 valence electrons. The van der Waals surface area contributed by atoms with Crippen LogP contribution in [0, 0.1) is 0 Å². The van der Waals surface area contributed by atoms with Gasteiger partial charge < -0.3 is 14.2 Å². The SMILES string of the molecule is CC/C=C\C/C=C\C/C=C\C/C=C\C/C=C\CCCCCCCCCCCCCCCCCCCC(=O)OCC(COC(=O)CCCCCCC/C=C\C/C=C\CCC)OC(=O)CCCCCCCCCCC/C=C\C/C=C\CCCCC. The van der Waals surface area contributed by atoms with Gasteiger partial charge in [0, 0.05) is 19.3 Å². The van der Waals surface area contributed by atoms with Crippen LogP contribution < -0.4 is 0 Å². The normalized spacial score (nSPS) is 12.8. The van der Waals surface area contributed by atoms with Crippen LogP contribution in [0.2, 0.25) is 0 Å². The first kappa shape index (κ1) is 79.1. The molecule has 0 saturated carbocycles. The van der Waals surface area contributed by atoms with Crippen molar-refractivity contribution < 1.29 is 28.6 Å². The summed E-state index contributed by atoms with van der Waals surface area (Å²) in [7, 11) is 0. The second kappa shape index (κ2) is 70.6. The summed E-state index contributed by atoms with van der Waals surface area (Å²) in [5, 5.41) is 0. The van der Waals surface area contributed by atoms with Crippen molar-refractivity contribution in [3.8, 4) is 0 Å². The van der Waals surface area contributed by atoms with Crippen LogP contribution in [-0.2, 0) is 28.6 Å². The second-order valence-electron chi connectivity index (χ2n) is 23.4. The van der Waals surface area contributed by atoms with Crippen LogP contribution >= 0.6 is 0 Å². The summed E-state index contributed by atoms with van der Waals surface area (Å²) in [6, 6.07) is 0. The van der Waals surface area contributed by atoms with Crippen LogP contribution in [0.1, 0.15) is 342 Å². The van der Waals surface area contributed by atoms with Crippen molar-refractivity contribution in [2.45, 2.75) is 348 Å². The van der Waals surface area contributed by atoms with E-state index in [4.69, 9.17) is 14.2 Å². The van der Waals surface area contributed by atoms with Crippen LogP contribution in [0.5, 0.6) is 0 Å². The van der Waals surface area contributed by atoms with Gasteiger partial charge in [0.2, 0.25) is 0 Å². The van der Waals surface area contributed by atoms with E-state index in [0.29, 0.717) is 19.3 Å². The Morgan fingerprint density at radius 3 is 0.783 bits per heavy atom. The Morgan fingerprint density at radius 1 is 0.253 bits per heavy atom. The Labute approximate surface area is 514 Å². The molecule has 6 nitrogen and oxygen atoms in total. The van der Waals surface area contributed by atoms with Crippen molar-refractivity contribution in [1.82, 2.24) is 0 Å². The van der Waals surface area contributed by atoms with E-state index in [-0.39, 0.29) is 31.1 Å². The molecule has 83 heavy (non-hydrogen) atoms. The van der Waals surface area contributed by atoms with Gasteiger partial charge in [0.05, 0.1) is 0 Å². The highest BCUT2D eigenvalue weighted by Gasteiger charge is 2.19. The molecule has 0 rings (SSSR count). The molecule has 1 unspecified atom stereocenters. The van der Waals surface area contributed by atoms with Gasteiger partial charge in [-0.15, -0.1) is 0 Å². The highest BCUT2D eigenvalue weighted by Crippen LogP contribution is 2.17. The highest BCUT2D eigenvalue weighted by molar-refractivity contribution is 5.71. The van der Waals surface area contributed by atoms with Gasteiger partial charge in [0.15, 0.2) is 6.10 Å². The predicted molar refractivity (Wildman–Crippen MR) is 362 cm³/mol. The number of hydrogen-bond donors (Lipinski definition) is 0. The second-order valence-corrected chi connectivity index (χ2v) is 23.4. The minimum Gasteiger partial charge on any atom is -0.462 e. The number of carbonyl (C=O) groups is 3. The third kappa shape index (κ3) is 68.7. The maximum absolute atomic E-state index is 12.9. The molecular formula is C77H132O6. The van der Waals surface area contributed by atoms with E-state index >= 15 is 0 Å². The molecule has 0 saturated heterocycles. The summed E-state index contributed by atoms with van der Waals surface area (Å²) in [5.74, 6) is -0.887. The molecule has 0 aliphatic rings. The van der Waals surface area contributed by atoms with E-state index in [1.165, 1.54) is 180 Å². The van der Waals surface area contributed by atoms with E-state index in [9.17, 15) is 14.4 Å². The van der Waals surface area contributed by atoms with Crippen LogP contribution in [0.15, 0.2) is 109 Å². The van der Waals surface area contributed by atoms with Crippen molar-refractivity contribution in [2.24, 2.45) is 0 Å². The number of allylic oxidation sites excluding steroid dienone is 18. The standard InChI is InChI=1S/C77H132O6/c1-4-7-10-13-16-19-22-25-27-29-31-32-33-34-35-36-37-38-39-40-41-42-43-44-46-47-49-52-55-58-61-64-67-70-76(79)82-73-74(72-81-75(78)69-66-63-60-57-54-51-24-21-18-15-12-9-6-3)83-77(80)71-68-65-62-59-56-53-50-48-45-30-28-26-23-20-17-14-11-8-5-2/h7,10,12,15-17,19-21,24-28,31-32,34-35,74H,4-6,8-9,11,13-14,18,22-23,29-30,33,36-73H2,1-3H3/b10-7-,15-12-,19-16-,20-17-,24-21-,27-25-,28-26-,32-31-,35-34-. The molecule has 0 spiro atoms. The van der Waals surface area contributed by atoms with Gasteiger partial charge in [-0.2, -0.15) is 0 Å². The van der Waals surface area contributed by atoms with Gasteiger partial charge in [-0.3, -0.25) is 14.4 Å². The zero-order valence-electron chi connectivity index (χ0n) is 54.7. The minimum atomic E-state index is -0.787. The molecule has 0 bridgehead atoms. The Kier molecular flexibility index (Phi) is 67.2. The Hall–Kier alpha value is -3.93. The Bertz CT molecular complexity index is 1660. The molecule has 0 aromatic heterocycles. The van der Waals surface area contributed by atoms with E-state index in [1.54, 1.807) is 0 Å². The summed E-state index contributed by atoms with van der Waals surface area (Å²) in [5.41, 5.74) is 0. The van der Waals surface area contributed by atoms with Gasteiger partial charge in [-0.05, 0) is 122 Å². The first-order chi connectivity index (χ1) is 41.0. The number of carbonyl (C=O) groups excluding carboxylic acids is 3. The highest BCUT2D eigenvalue weighted by atomic mass is 16.6. The fourth-order valence-corrected chi connectivity index (χ4v) is 9.95. The largest absolute Gasteiger partial charge is 0.462 e. The van der Waals surface area contributed by atoms with E-state index < -0.39 is 6.10 Å². The lowest BCUT2D eigenvalue weighted by molar-refractivity contribution is -0.167. The zero-order valence-corrected chi connectivity index (χ0v) is 54.7. The number of unbranched alkanes of at least 4 members (excludes halogenated alkanes) is 35. The molecular weight excluding hydrogens is 1020 g/mol. The lowest BCUT2D eigenvalue weighted by Crippen LogP contribution is -2.30. The molecule has 0 aromatic carbocycles. The molecule has 0 radical (unpaired) electrons. The molecule has 6 heteroatoms. The van der Waals surface area contributed by atoms with Gasteiger partial charge >= 0.3 is 17.9 Å². The average molecular weight is 1150 g/mol. The van der Waals surface area contributed by atoms with Crippen molar-refractivity contribution in [1.29, 1.82) is 0 Å². The summed E-state index contributed by atoms with van der Waals surface area (Å²) in [4.78, 5) is 38.4. The topological polar surface area (TPSA) is 78.9 Å². The molecule has 0 aromatic rings. The van der Waals surface area contributed by atoms with Crippen LogP contribution in [0.4, 0.5) is 0 Å². The number of esters is 3. The average Bonchev–Trinajstić information content (AvgIpc) is 3.49. The molecule has 0 amide bonds. The summed E-state index contributed by atoms with van der Waals surface area (Å²) < 4.78 is 17.0. The smallest absolute Gasteiger partial charge is 0.306 e. The fraction of sp³-hybridized carbons (Fsp3) is 0.727. The third-order valence-electron chi connectivity index (χ3n) is 15.2. The van der Waals surface area contributed by atoms with Crippen molar-refractivity contribution >= 4 is 17.9 Å². The summed E-state index contributed by atoms with van der Waals surface area (Å²) in [6.07, 6.45) is 96.9. The van der Waals surface area contributed by atoms with Gasteiger partial charge in [-0.25, -0.2) is 0 Å².